The lowest BCUT2D eigenvalue weighted by Crippen LogP contribution is -2.12. The van der Waals surface area contributed by atoms with E-state index in [4.69, 9.17) is 0 Å². The van der Waals surface area contributed by atoms with Crippen LogP contribution >= 0.6 is 15.9 Å². The van der Waals surface area contributed by atoms with Gasteiger partial charge in [-0.05, 0) is 31.0 Å². The van der Waals surface area contributed by atoms with Crippen molar-refractivity contribution in [2.24, 2.45) is 0 Å². The van der Waals surface area contributed by atoms with Crippen LogP contribution in [0.4, 0.5) is 11.6 Å². The average Bonchev–Trinajstić information content (AvgIpc) is 2.49. The van der Waals surface area contributed by atoms with Gasteiger partial charge in [-0.15, -0.1) is 0 Å². The number of aromatic nitrogens is 2. The average molecular weight is 349 g/mol. The molecule has 0 aliphatic carbocycles. The first kappa shape index (κ1) is 15.8. The fraction of sp³-hybridized carbons (Fsp3) is 0.375. The predicted molar refractivity (Wildman–Crippen MR) is 91.8 cm³/mol. The quantitative estimate of drug-likeness (QED) is 0.811. The molecule has 0 bridgehead atoms. The first-order chi connectivity index (χ1) is 10.2. The lowest BCUT2D eigenvalue weighted by molar-refractivity contribution is 0.847. The zero-order valence-corrected chi connectivity index (χ0v) is 14.2. The fourth-order valence-electron chi connectivity index (χ4n) is 2.28. The molecule has 2 aromatic rings. The largest absolute Gasteiger partial charge is 0.373 e. The molecule has 0 amide bonds. The van der Waals surface area contributed by atoms with E-state index >= 15 is 0 Å². The number of halogens is 1. The molecule has 112 valence electrons. The molecule has 0 saturated carbocycles. The van der Waals surface area contributed by atoms with Gasteiger partial charge in [-0.3, -0.25) is 0 Å². The molecule has 1 aromatic carbocycles. The molecule has 2 rings (SSSR count). The highest BCUT2D eigenvalue weighted by Gasteiger charge is 2.13. The van der Waals surface area contributed by atoms with Gasteiger partial charge in [0.15, 0.2) is 0 Å². The second kappa shape index (κ2) is 7.41. The number of nitrogens with zero attached hydrogens (tertiary/aromatic N) is 2. The number of hydrogen-bond acceptors (Lipinski definition) is 4. The monoisotopic (exact) mass is 348 g/mol. The molecule has 21 heavy (non-hydrogen) atoms. The minimum atomic E-state index is 0.188. The highest BCUT2D eigenvalue weighted by Crippen LogP contribution is 2.26. The summed E-state index contributed by atoms with van der Waals surface area (Å²) in [4.78, 5) is 8.72. The van der Waals surface area contributed by atoms with E-state index in [9.17, 15) is 0 Å². The molecule has 0 radical (unpaired) electrons. The number of anilines is 2. The maximum Gasteiger partial charge on any atom is 0.135 e. The number of hydrogen-bond donors (Lipinski definition) is 2. The predicted octanol–water partition coefficient (Wildman–Crippen LogP) is 4.41. The highest BCUT2D eigenvalue weighted by atomic mass is 79.9. The van der Waals surface area contributed by atoms with E-state index in [-0.39, 0.29) is 6.04 Å². The third-order valence-corrected chi connectivity index (χ3v) is 3.93. The van der Waals surface area contributed by atoms with E-state index < -0.39 is 0 Å². The van der Waals surface area contributed by atoms with Gasteiger partial charge in [0.25, 0.3) is 0 Å². The molecule has 0 fully saturated rings. The lowest BCUT2D eigenvalue weighted by Gasteiger charge is -2.19. The zero-order chi connectivity index (χ0) is 15.2. The van der Waals surface area contributed by atoms with E-state index in [0.717, 1.165) is 34.5 Å². The van der Waals surface area contributed by atoms with Gasteiger partial charge in [-0.25, -0.2) is 9.97 Å². The molecule has 0 aliphatic rings. The van der Waals surface area contributed by atoms with Crippen molar-refractivity contribution in [1.82, 2.24) is 9.97 Å². The molecule has 1 atom stereocenters. The van der Waals surface area contributed by atoms with Crippen molar-refractivity contribution in [2.75, 3.05) is 17.7 Å². The van der Waals surface area contributed by atoms with E-state index in [1.807, 2.05) is 7.05 Å². The van der Waals surface area contributed by atoms with E-state index in [0.29, 0.717) is 0 Å². The van der Waals surface area contributed by atoms with Gasteiger partial charge in [0.1, 0.15) is 18.0 Å². The molecule has 5 heteroatoms. The molecule has 1 aromatic heterocycles. The van der Waals surface area contributed by atoms with Crippen molar-refractivity contribution in [3.63, 3.8) is 0 Å². The first-order valence-corrected chi connectivity index (χ1v) is 7.98. The van der Waals surface area contributed by atoms with Crippen molar-refractivity contribution < 1.29 is 0 Å². The van der Waals surface area contributed by atoms with Crippen molar-refractivity contribution >= 4 is 27.6 Å². The van der Waals surface area contributed by atoms with Gasteiger partial charge in [0.05, 0.1) is 0 Å². The van der Waals surface area contributed by atoms with Gasteiger partial charge < -0.3 is 10.6 Å². The Kier molecular flexibility index (Phi) is 5.56. The Hall–Kier alpha value is -1.62. The van der Waals surface area contributed by atoms with Crippen LogP contribution in [-0.2, 0) is 6.42 Å². The molecule has 4 nitrogen and oxygen atoms in total. The topological polar surface area (TPSA) is 49.8 Å². The second-order valence-corrected chi connectivity index (χ2v) is 5.88. The molecular formula is C16H21BrN4. The van der Waals surface area contributed by atoms with Gasteiger partial charge in [-0.1, -0.05) is 41.4 Å². The van der Waals surface area contributed by atoms with Crippen LogP contribution in [-0.4, -0.2) is 17.0 Å². The van der Waals surface area contributed by atoms with Crippen LogP contribution < -0.4 is 10.6 Å². The maximum atomic E-state index is 4.42. The van der Waals surface area contributed by atoms with Crippen LogP contribution in [0.2, 0.25) is 0 Å². The SMILES string of the molecule is CCCc1c(NC)ncnc1NC(C)c1ccc(Br)cc1. The Morgan fingerprint density at radius 1 is 1.14 bits per heavy atom. The summed E-state index contributed by atoms with van der Waals surface area (Å²) in [7, 11) is 1.89. The summed E-state index contributed by atoms with van der Waals surface area (Å²) in [6.45, 7) is 4.30. The molecule has 0 aliphatic heterocycles. The van der Waals surface area contributed by atoms with Crippen molar-refractivity contribution in [3.05, 3.63) is 46.2 Å². The van der Waals surface area contributed by atoms with Crippen molar-refractivity contribution in [1.29, 1.82) is 0 Å². The summed E-state index contributed by atoms with van der Waals surface area (Å²) in [5.41, 5.74) is 2.37. The van der Waals surface area contributed by atoms with Crippen LogP contribution in [0.15, 0.2) is 35.1 Å². The molecule has 0 saturated heterocycles. The van der Waals surface area contributed by atoms with E-state index in [1.54, 1.807) is 6.33 Å². The minimum Gasteiger partial charge on any atom is -0.373 e. The minimum absolute atomic E-state index is 0.188. The summed E-state index contributed by atoms with van der Waals surface area (Å²) in [5.74, 6) is 1.81. The van der Waals surface area contributed by atoms with Gasteiger partial charge >= 0.3 is 0 Å². The van der Waals surface area contributed by atoms with Crippen LogP contribution in [0.3, 0.4) is 0 Å². The summed E-state index contributed by atoms with van der Waals surface area (Å²) in [5, 5.41) is 6.64. The Balaban J connectivity index is 2.24. The Morgan fingerprint density at radius 3 is 2.43 bits per heavy atom. The molecule has 1 heterocycles. The maximum absolute atomic E-state index is 4.42. The number of rotatable bonds is 6. The van der Waals surface area contributed by atoms with E-state index in [2.05, 4.69) is 74.6 Å². The third-order valence-electron chi connectivity index (χ3n) is 3.41. The number of benzene rings is 1. The van der Waals surface area contributed by atoms with Gasteiger partial charge in [0, 0.05) is 23.1 Å². The Morgan fingerprint density at radius 2 is 1.81 bits per heavy atom. The van der Waals surface area contributed by atoms with Gasteiger partial charge in [0.2, 0.25) is 0 Å². The fourth-order valence-corrected chi connectivity index (χ4v) is 2.54. The normalized spacial score (nSPS) is 12.0. The first-order valence-electron chi connectivity index (χ1n) is 7.19. The molecule has 1 unspecified atom stereocenters. The molecule has 2 N–H and O–H groups in total. The summed E-state index contributed by atoms with van der Waals surface area (Å²) in [6.07, 6.45) is 3.61. The van der Waals surface area contributed by atoms with Crippen molar-refractivity contribution in [2.45, 2.75) is 32.7 Å². The van der Waals surface area contributed by atoms with Crippen LogP contribution in [0.25, 0.3) is 0 Å². The van der Waals surface area contributed by atoms with E-state index in [1.165, 1.54) is 5.56 Å². The smallest absolute Gasteiger partial charge is 0.135 e. The van der Waals surface area contributed by atoms with Crippen molar-refractivity contribution in [3.8, 4) is 0 Å². The summed E-state index contributed by atoms with van der Waals surface area (Å²) < 4.78 is 1.09. The number of nitrogens with one attached hydrogen (secondary N) is 2. The standard InChI is InChI=1S/C16H21BrN4/c1-4-5-14-15(18-3)19-10-20-16(14)21-11(2)12-6-8-13(17)9-7-12/h6-11H,4-5H2,1-3H3,(H2,18,19,20,21). The summed E-state index contributed by atoms with van der Waals surface area (Å²) in [6, 6.07) is 8.52. The zero-order valence-electron chi connectivity index (χ0n) is 12.7. The second-order valence-electron chi connectivity index (χ2n) is 4.97. The molecule has 0 spiro atoms. The molecular weight excluding hydrogens is 328 g/mol. The highest BCUT2D eigenvalue weighted by molar-refractivity contribution is 9.10. The third kappa shape index (κ3) is 3.94. The summed E-state index contributed by atoms with van der Waals surface area (Å²) >= 11 is 3.46. The van der Waals surface area contributed by atoms with Crippen LogP contribution in [0.5, 0.6) is 0 Å². The Labute approximate surface area is 134 Å². The Bertz CT molecular complexity index is 583. The van der Waals surface area contributed by atoms with Crippen LogP contribution in [0.1, 0.15) is 37.4 Å². The van der Waals surface area contributed by atoms with Crippen LogP contribution in [0, 0.1) is 0 Å². The lowest BCUT2D eigenvalue weighted by atomic mass is 10.1. The van der Waals surface area contributed by atoms with Gasteiger partial charge in [-0.2, -0.15) is 0 Å².